The maximum absolute atomic E-state index is 12.6. The molecule has 110 valence electrons. The number of nitrogens with zero attached hydrogens (tertiary/aromatic N) is 2. The molecule has 0 aromatic carbocycles. The van der Waals surface area contributed by atoms with Gasteiger partial charge in [0.2, 0.25) is 5.91 Å². The van der Waals surface area contributed by atoms with Crippen LogP contribution in [0, 0.1) is 5.92 Å². The van der Waals surface area contributed by atoms with Crippen LogP contribution in [0.3, 0.4) is 0 Å². The van der Waals surface area contributed by atoms with Gasteiger partial charge in [0.1, 0.15) is 0 Å². The van der Waals surface area contributed by atoms with Gasteiger partial charge in [-0.3, -0.25) is 9.69 Å². The Balaban J connectivity index is 1.96. The molecule has 1 amide bonds. The Morgan fingerprint density at radius 1 is 1.26 bits per heavy atom. The number of hydrogen-bond donors (Lipinski definition) is 1. The van der Waals surface area contributed by atoms with Crippen LogP contribution in [0.25, 0.3) is 0 Å². The van der Waals surface area contributed by atoms with Crippen molar-refractivity contribution < 1.29 is 4.79 Å². The average molecular weight is 267 g/mol. The lowest BCUT2D eigenvalue weighted by atomic mass is 9.92. The van der Waals surface area contributed by atoms with Crippen LogP contribution in [0.5, 0.6) is 0 Å². The molecule has 2 heterocycles. The Bertz CT molecular complexity index is 302. The molecule has 4 nitrogen and oxygen atoms in total. The van der Waals surface area contributed by atoms with Crippen LogP contribution in [-0.4, -0.2) is 54.0 Å². The first kappa shape index (κ1) is 14.8. The van der Waals surface area contributed by atoms with Crippen LogP contribution >= 0.6 is 0 Å². The van der Waals surface area contributed by atoms with Crippen molar-refractivity contribution in [2.45, 2.75) is 58.0 Å². The van der Waals surface area contributed by atoms with Gasteiger partial charge in [-0.25, -0.2) is 0 Å². The Labute approximate surface area is 117 Å². The van der Waals surface area contributed by atoms with Crippen molar-refractivity contribution in [3.63, 3.8) is 0 Å². The minimum atomic E-state index is 0.0162. The molecule has 2 aliphatic heterocycles. The van der Waals surface area contributed by atoms with Gasteiger partial charge in [-0.15, -0.1) is 0 Å². The molecule has 0 aromatic rings. The maximum Gasteiger partial charge on any atom is 0.239 e. The van der Waals surface area contributed by atoms with E-state index in [1.807, 2.05) is 0 Å². The van der Waals surface area contributed by atoms with Crippen molar-refractivity contribution >= 4 is 5.91 Å². The Morgan fingerprint density at radius 3 is 2.58 bits per heavy atom. The summed E-state index contributed by atoms with van der Waals surface area (Å²) >= 11 is 0. The molecule has 0 aliphatic carbocycles. The third-order valence-electron chi connectivity index (χ3n) is 4.88. The van der Waals surface area contributed by atoms with E-state index in [1.54, 1.807) is 0 Å². The summed E-state index contributed by atoms with van der Waals surface area (Å²) in [7, 11) is 0. The van der Waals surface area contributed by atoms with Crippen molar-refractivity contribution in [1.82, 2.24) is 9.80 Å². The second kappa shape index (κ2) is 6.71. The second-order valence-electron chi connectivity index (χ2n) is 6.29. The van der Waals surface area contributed by atoms with Crippen LogP contribution in [-0.2, 0) is 4.79 Å². The topological polar surface area (TPSA) is 49.6 Å². The largest absolute Gasteiger partial charge is 0.341 e. The summed E-state index contributed by atoms with van der Waals surface area (Å²) < 4.78 is 0. The van der Waals surface area contributed by atoms with Crippen LogP contribution in [0.15, 0.2) is 0 Å². The van der Waals surface area contributed by atoms with E-state index < -0.39 is 0 Å². The lowest BCUT2D eigenvalue weighted by Crippen LogP contribution is -2.55. The van der Waals surface area contributed by atoms with E-state index in [0.29, 0.717) is 17.9 Å². The molecule has 0 bridgehead atoms. The van der Waals surface area contributed by atoms with E-state index in [4.69, 9.17) is 5.73 Å². The fourth-order valence-electron chi connectivity index (χ4n) is 3.46. The number of likely N-dealkylation sites (tertiary alicyclic amines) is 2. The van der Waals surface area contributed by atoms with Crippen molar-refractivity contribution in [2.24, 2.45) is 11.7 Å². The molecule has 0 aromatic heterocycles. The van der Waals surface area contributed by atoms with Gasteiger partial charge < -0.3 is 10.6 Å². The van der Waals surface area contributed by atoms with Crippen molar-refractivity contribution in [3.8, 4) is 0 Å². The van der Waals surface area contributed by atoms with E-state index in [0.717, 1.165) is 26.2 Å². The molecule has 19 heavy (non-hydrogen) atoms. The van der Waals surface area contributed by atoms with E-state index in [1.165, 1.54) is 32.1 Å². The number of rotatable bonds is 3. The quantitative estimate of drug-likeness (QED) is 0.842. The summed E-state index contributed by atoms with van der Waals surface area (Å²) in [4.78, 5) is 17.0. The summed E-state index contributed by atoms with van der Waals surface area (Å²) in [5.41, 5.74) is 5.81. The molecule has 0 radical (unpaired) electrons. The predicted octanol–water partition coefficient (Wildman–Crippen LogP) is 1.45. The van der Waals surface area contributed by atoms with Gasteiger partial charge in [-0.2, -0.15) is 0 Å². The second-order valence-corrected chi connectivity index (χ2v) is 6.29. The standard InChI is InChI=1S/C15H29N3O/c1-12-6-7-14(10-16)11-18(12)13(2)15(19)17-8-4-3-5-9-17/h12-14H,3-11,16H2,1-2H3. The maximum atomic E-state index is 12.6. The van der Waals surface area contributed by atoms with Crippen LogP contribution in [0.4, 0.5) is 0 Å². The van der Waals surface area contributed by atoms with E-state index in [-0.39, 0.29) is 6.04 Å². The van der Waals surface area contributed by atoms with Gasteiger partial charge in [0.25, 0.3) is 0 Å². The summed E-state index contributed by atoms with van der Waals surface area (Å²) in [5.74, 6) is 0.886. The van der Waals surface area contributed by atoms with Gasteiger partial charge in [0.05, 0.1) is 6.04 Å². The number of piperidine rings is 2. The smallest absolute Gasteiger partial charge is 0.239 e. The lowest BCUT2D eigenvalue weighted by molar-refractivity contribution is -0.139. The Hall–Kier alpha value is -0.610. The summed E-state index contributed by atoms with van der Waals surface area (Å²) in [6.07, 6.45) is 5.98. The average Bonchev–Trinajstić information content (AvgIpc) is 2.47. The summed E-state index contributed by atoms with van der Waals surface area (Å²) in [5, 5.41) is 0. The van der Waals surface area contributed by atoms with Crippen LogP contribution in [0.1, 0.15) is 46.0 Å². The monoisotopic (exact) mass is 267 g/mol. The SMILES string of the molecule is CC1CCC(CN)CN1C(C)C(=O)N1CCCCC1. The highest BCUT2D eigenvalue weighted by Gasteiger charge is 2.33. The molecule has 0 saturated carbocycles. The summed E-state index contributed by atoms with van der Waals surface area (Å²) in [6, 6.07) is 0.522. The normalized spacial score (nSPS) is 31.2. The van der Waals surface area contributed by atoms with Gasteiger partial charge in [-0.1, -0.05) is 0 Å². The summed E-state index contributed by atoms with van der Waals surface area (Å²) in [6.45, 7) is 7.95. The lowest BCUT2D eigenvalue weighted by Gasteiger charge is -2.42. The fraction of sp³-hybridized carbons (Fsp3) is 0.933. The zero-order valence-corrected chi connectivity index (χ0v) is 12.5. The third-order valence-corrected chi connectivity index (χ3v) is 4.88. The van der Waals surface area contributed by atoms with Crippen LogP contribution in [0.2, 0.25) is 0 Å². The van der Waals surface area contributed by atoms with E-state index in [2.05, 4.69) is 23.6 Å². The highest BCUT2D eigenvalue weighted by atomic mass is 16.2. The van der Waals surface area contributed by atoms with E-state index >= 15 is 0 Å². The van der Waals surface area contributed by atoms with Gasteiger partial charge >= 0.3 is 0 Å². The Kier molecular flexibility index (Phi) is 5.22. The molecule has 2 rings (SSSR count). The minimum Gasteiger partial charge on any atom is -0.341 e. The molecule has 3 unspecified atom stereocenters. The first-order valence-corrected chi connectivity index (χ1v) is 7.88. The molecule has 2 fully saturated rings. The molecular formula is C15H29N3O. The van der Waals surface area contributed by atoms with Gasteiger partial charge in [-0.05, 0) is 58.4 Å². The van der Waals surface area contributed by atoms with Crippen molar-refractivity contribution in [3.05, 3.63) is 0 Å². The highest BCUT2D eigenvalue weighted by Crippen LogP contribution is 2.24. The zero-order valence-electron chi connectivity index (χ0n) is 12.5. The number of amides is 1. The van der Waals surface area contributed by atoms with Crippen molar-refractivity contribution in [2.75, 3.05) is 26.2 Å². The number of carbonyl (C=O) groups is 1. The minimum absolute atomic E-state index is 0.0162. The van der Waals surface area contributed by atoms with Gasteiger partial charge in [0, 0.05) is 25.7 Å². The molecule has 2 N–H and O–H groups in total. The zero-order chi connectivity index (χ0) is 13.8. The first-order valence-electron chi connectivity index (χ1n) is 7.88. The van der Waals surface area contributed by atoms with E-state index in [9.17, 15) is 4.79 Å². The Morgan fingerprint density at radius 2 is 1.95 bits per heavy atom. The van der Waals surface area contributed by atoms with Crippen molar-refractivity contribution in [1.29, 1.82) is 0 Å². The highest BCUT2D eigenvalue weighted by molar-refractivity contribution is 5.81. The van der Waals surface area contributed by atoms with Gasteiger partial charge in [0.15, 0.2) is 0 Å². The fourth-order valence-corrected chi connectivity index (χ4v) is 3.46. The molecule has 4 heteroatoms. The number of nitrogens with two attached hydrogens (primary N) is 1. The first-order chi connectivity index (χ1) is 9.13. The number of hydrogen-bond acceptors (Lipinski definition) is 3. The molecular weight excluding hydrogens is 238 g/mol. The predicted molar refractivity (Wildman–Crippen MR) is 77.8 cm³/mol. The van der Waals surface area contributed by atoms with Crippen LogP contribution < -0.4 is 5.73 Å². The number of carbonyl (C=O) groups excluding carboxylic acids is 1. The molecule has 2 saturated heterocycles. The molecule has 2 aliphatic rings. The molecule has 0 spiro atoms. The third kappa shape index (κ3) is 3.48. The molecule has 3 atom stereocenters.